The molecule has 0 saturated carbocycles. The molecule has 1 fully saturated rings. The molecular formula is C21H20F3N7O3. The van der Waals surface area contributed by atoms with Crippen molar-refractivity contribution in [3.63, 3.8) is 0 Å². The van der Waals surface area contributed by atoms with Crippen LogP contribution in [0.3, 0.4) is 0 Å². The summed E-state index contributed by atoms with van der Waals surface area (Å²) in [5.41, 5.74) is -0.226. The lowest BCUT2D eigenvalue weighted by Gasteiger charge is -2.21. The predicted molar refractivity (Wildman–Crippen MR) is 111 cm³/mol. The van der Waals surface area contributed by atoms with E-state index in [-0.39, 0.29) is 43.6 Å². The molecule has 1 amide bonds. The molecule has 178 valence electrons. The molecule has 2 atom stereocenters. The van der Waals surface area contributed by atoms with Gasteiger partial charge in [0.25, 0.3) is 5.91 Å². The Morgan fingerprint density at radius 2 is 1.94 bits per heavy atom. The van der Waals surface area contributed by atoms with Gasteiger partial charge in [-0.2, -0.15) is 13.2 Å². The molecule has 10 nitrogen and oxygen atoms in total. The Labute approximate surface area is 191 Å². The minimum atomic E-state index is -4.57. The summed E-state index contributed by atoms with van der Waals surface area (Å²) < 4.78 is 54.1. The van der Waals surface area contributed by atoms with Gasteiger partial charge in [-0.05, 0) is 24.3 Å². The summed E-state index contributed by atoms with van der Waals surface area (Å²) in [6.45, 7) is 0.851. The number of amides is 1. The van der Waals surface area contributed by atoms with Crippen LogP contribution in [-0.4, -0.2) is 62.7 Å². The minimum Gasteiger partial charge on any atom is -0.489 e. The monoisotopic (exact) mass is 475 g/mol. The van der Waals surface area contributed by atoms with Gasteiger partial charge in [0.15, 0.2) is 11.4 Å². The Bertz CT molecular complexity index is 1190. The molecule has 0 aromatic carbocycles. The fourth-order valence-corrected chi connectivity index (χ4v) is 3.99. The van der Waals surface area contributed by atoms with Gasteiger partial charge in [-0.25, -0.2) is 14.6 Å². The van der Waals surface area contributed by atoms with Crippen molar-refractivity contribution in [3.8, 4) is 5.75 Å². The molecule has 5 heterocycles. The molecule has 0 aliphatic carbocycles. The standard InChI is InChI=1S/C21H20F3N7O3/c22-21(23,24)14-3-1-6-26-19(14)30-10-15-17(11-30)34-12-13-9-31(29-28-13)7-8-33-16-4-2-5-25-18(16)20(32)27-15/h1-6,9,15,17H,7-8,10-12H2,(H,27,32)/t15-,17-/m0/s1. The number of halogens is 3. The van der Waals surface area contributed by atoms with Crippen molar-refractivity contribution in [3.05, 3.63) is 59.8 Å². The summed E-state index contributed by atoms with van der Waals surface area (Å²) in [6.07, 6.45) is -0.728. The summed E-state index contributed by atoms with van der Waals surface area (Å²) >= 11 is 0. The Morgan fingerprint density at radius 1 is 1.12 bits per heavy atom. The van der Waals surface area contributed by atoms with E-state index in [0.717, 1.165) is 6.07 Å². The number of rotatable bonds is 1. The van der Waals surface area contributed by atoms with Crippen LogP contribution in [0.2, 0.25) is 0 Å². The van der Waals surface area contributed by atoms with Gasteiger partial charge in [-0.3, -0.25) is 4.79 Å². The Kier molecular flexibility index (Phi) is 5.77. The number of hydrogen-bond acceptors (Lipinski definition) is 8. The fourth-order valence-electron chi connectivity index (χ4n) is 3.99. The summed E-state index contributed by atoms with van der Waals surface area (Å²) in [4.78, 5) is 22.6. The third-order valence-corrected chi connectivity index (χ3v) is 5.57. The zero-order chi connectivity index (χ0) is 23.7. The highest BCUT2D eigenvalue weighted by molar-refractivity contribution is 5.95. The van der Waals surface area contributed by atoms with E-state index in [2.05, 4.69) is 25.6 Å². The lowest BCUT2D eigenvalue weighted by molar-refractivity contribution is -0.137. The largest absolute Gasteiger partial charge is 0.489 e. The Balaban J connectivity index is 1.46. The number of ether oxygens (including phenoxy) is 2. The Hall–Kier alpha value is -3.74. The van der Waals surface area contributed by atoms with Crippen LogP contribution in [0.15, 0.2) is 42.9 Å². The lowest BCUT2D eigenvalue weighted by atomic mass is 10.2. The van der Waals surface area contributed by atoms with E-state index in [1.54, 1.807) is 23.0 Å². The van der Waals surface area contributed by atoms with Crippen molar-refractivity contribution in [1.29, 1.82) is 0 Å². The number of carbonyl (C=O) groups is 1. The highest BCUT2D eigenvalue weighted by atomic mass is 19.4. The van der Waals surface area contributed by atoms with Crippen LogP contribution in [0.5, 0.6) is 5.75 Å². The quantitative estimate of drug-likeness (QED) is 0.567. The molecule has 0 radical (unpaired) electrons. The Morgan fingerprint density at radius 3 is 2.79 bits per heavy atom. The number of hydrogen-bond donors (Lipinski definition) is 1. The van der Waals surface area contributed by atoms with E-state index in [1.807, 2.05) is 0 Å². The number of pyridine rings is 2. The fraction of sp³-hybridized carbons (Fsp3) is 0.381. The molecule has 3 aromatic heterocycles. The first-order chi connectivity index (χ1) is 16.4. The number of carbonyl (C=O) groups excluding carboxylic acids is 1. The van der Waals surface area contributed by atoms with Gasteiger partial charge in [-0.15, -0.1) is 5.10 Å². The number of anilines is 1. The molecule has 13 heteroatoms. The summed E-state index contributed by atoms with van der Waals surface area (Å²) in [7, 11) is 0. The first kappa shape index (κ1) is 22.1. The number of nitrogens with zero attached hydrogens (tertiary/aromatic N) is 6. The van der Waals surface area contributed by atoms with Crippen LogP contribution in [0.4, 0.5) is 19.0 Å². The zero-order valence-electron chi connectivity index (χ0n) is 17.8. The maximum atomic E-state index is 13.6. The van der Waals surface area contributed by atoms with Crippen molar-refractivity contribution in [1.82, 2.24) is 30.3 Å². The SMILES string of the molecule is O=C1N[C@H]2CN(c3ncccc3C(F)(F)F)C[C@@H]2OCc2cn(nn2)CCOc2cccnc21. The molecule has 2 aliphatic heterocycles. The number of aromatic nitrogens is 5. The number of fused-ring (bicyclic) bond motifs is 4. The predicted octanol–water partition coefficient (Wildman–Crippen LogP) is 1.68. The second kappa shape index (κ2) is 8.89. The second-order valence-corrected chi connectivity index (χ2v) is 7.88. The maximum Gasteiger partial charge on any atom is 0.419 e. The van der Waals surface area contributed by atoms with Gasteiger partial charge in [-0.1, -0.05) is 5.21 Å². The average molecular weight is 475 g/mol. The first-order valence-corrected chi connectivity index (χ1v) is 10.5. The molecule has 2 bridgehead atoms. The van der Waals surface area contributed by atoms with E-state index >= 15 is 0 Å². The van der Waals surface area contributed by atoms with Crippen LogP contribution in [0.1, 0.15) is 21.7 Å². The first-order valence-electron chi connectivity index (χ1n) is 10.5. The molecular weight excluding hydrogens is 455 g/mol. The summed E-state index contributed by atoms with van der Waals surface area (Å²) in [5.74, 6) is -0.443. The molecule has 2 aliphatic rings. The van der Waals surface area contributed by atoms with Crippen molar-refractivity contribution in [2.45, 2.75) is 31.5 Å². The van der Waals surface area contributed by atoms with Gasteiger partial charge >= 0.3 is 6.18 Å². The van der Waals surface area contributed by atoms with Crippen LogP contribution in [-0.2, 0) is 24.1 Å². The second-order valence-electron chi connectivity index (χ2n) is 7.88. The molecule has 1 N–H and O–H groups in total. The summed E-state index contributed by atoms with van der Waals surface area (Å²) in [6, 6.07) is 4.85. The third-order valence-electron chi connectivity index (χ3n) is 5.57. The normalized spacial score (nSPS) is 21.1. The van der Waals surface area contributed by atoms with Crippen molar-refractivity contribution >= 4 is 11.7 Å². The van der Waals surface area contributed by atoms with Crippen LogP contribution >= 0.6 is 0 Å². The van der Waals surface area contributed by atoms with E-state index in [4.69, 9.17) is 9.47 Å². The molecule has 0 spiro atoms. The van der Waals surface area contributed by atoms with E-state index in [1.165, 1.54) is 23.4 Å². The molecule has 34 heavy (non-hydrogen) atoms. The van der Waals surface area contributed by atoms with Gasteiger partial charge in [0.2, 0.25) is 0 Å². The van der Waals surface area contributed by atoms with E-state index in [0.29, 0.717) is 12.2 Å². The maximum absolute atomic E-state index is 13.6. The van der Waals surface area contributed by atoms with Crippen molar-refractivity contribution in [2.24, 2.45) is 0 Å². The van der Waals surface area contributed by atoms with E-state index < -0.39 is 29.8 Å². The highest BCUT2D eigenvalue weighted by Gasteiger charge is 2.41. The number of nitrogens with one attached hydrogen (secondary N) is 1. The van der Waals surface area contributed by atoms with Crippen molar-refractivity contribution in [2.75, 3.05) is 24.6 Å². The summed E-state index contributed by atoms with van der Waals surface area (Å²) in [5, 5.41) is 10.9. The number of alkyl halides is 3. The van der Waals surface area contributed by atoms with Gasteiger partial charge < -0.3 is 19.7 Å². The molecule has 0 unspecified atom stereocenters. The molecule has 5 rings (SSSR count). The highest BCUT2D eigenvalue weighted by Crippen LogP contribution is 2.36. The smallest absolute Gasteiger partial charge is 0.419 e. The molecule has 1 saturated heterocycles. The van der Waals surface area contributed by atoms with Crippen molar-refractivity contribution < 1.29 is 27.4 Å². The van der Waals surface area contributed by atoms with Crippen LogP contribution in [0, 0.1) is 0 Å². The van der Waals surface area contributed by atoms with Crippen LogP contribution in [0.25, 0.3) is 0 Å². The topological polar surface area (TPSA) is 107 Å². The zero-order valence-corrected chi connectivity index (χ0v) is 17.8. The third kappa shape index (κ3) is 4.51. The lowest BCUT2D eigenvalue weighted by Crippen LogP contribution is -2.44. The molecule has 3 aromatic rings. The average Bonchev–Trinajstić information content (AvgIpc) is 3.44. The minimum absolute atomic E-state index is 0.0617. The van der Waals surface area contributed by atoms with Crippen LogP contribution < -0.4 is 15.0 Å². The van der Waals surface area contributed by atoms with Gasteiger partial charge in [0.1, 0.15) is 18.1 Å². The van der Waals surface area contributed by atoms with Gasteiger partial charge in [0.05, 0.1) is 37.1 Å². The van der Waals surface area contributed by atoms with E-state index in [9.17, 15) is 18.0 Å². The van der Waals surface area contributed by atoms with Gasteiger partial charge in [0, 0.05) is 25.5 Å².